The van der Waals surface area contributed by atoms with Gasteiger partial charge in [0.05, 0.1) is 17.9 Å². The average Bonchev–Trinajstić information content (AvgIpc) is 3.04. The largest absolute Gasteiger partial charge is 0.462 e. The van der Waals surface area contributed by atoms with Gasteiger partial charge in [0, 0.05) is 17.5 Å². The topological polar surface area (TPSA) is 112 Å². The summed E-state index contributed by atoms with van der Waals surface area (Å²) in [4.78, 5) is 42.4. The van der Waals surface area contributed by atoms with Gasteiger partial charge >= 0.3 is 11.6 Å². The van der Waals surface area contributed by atoms with Gasteiger partial charge in [0.2, 0.25) is 11.8 Å². The van der Waals surface area contributed by atoms with Crippen molar-refractivity contribution < 1.29 is 23.5 Å². The number of ether oxygens (including phenoxy) is 2. The third-order valence-corrected chi connectivity index (χ3v) is 5.92. The Morgan fingerprint density at radius 2 is 1.91 bits per heavy atom. The summed E-state index contributed by atoms with van der Waals surface area (Å²) in [6.45, 7) is 5.53. The maximum Gasteiger partial charge on any atom is 0.343 e. The molecule has 2 aliphatic heterocycles. The number of anilines is 1. The third-order valence-electron chi connectivity index (χ3n) is 5.92. The van der Waals surface area contributed by atoms with Crippen LogP contribution in [-0.4, -0.2) is 25.0 Å². The van der Waals surface area contributed by atoms with Crippen molar-refractivity contribution in [3.63, 3.8) is 0 Å². The number of hydrogen-bond acceptors (Lipinski definition) is 7. The zero-order valence-corrected chi connectivity index (χ0v) is 17.8. The Labute approximate surface area is 188 Å². The van der Waals surface area contributed by atoms with E-state index in [2.05, 4.69) is 6.58 Å². The highest BCUT2D eigenvalue weighted by molar-refractivity contribution is 6.21. The Balaban J connectivity index is 2.00. The average molecular weight is 444 g/mol. The van der Waals surface area contributed by atoms with Crippen molar-refractivity contribution in [1.29, 1.82) is 0 Å². The van der Waals surface area contributed by atoms with Crippen molar-refractivity contribution in [1.82, 2.24) is 0 Å². The Hall–Kier alpha value is -4.33. The van der Waals surface area contributed by atoms with E-state index in [-0.39, 0.29) is 35.9 Å². The van der Waals surface area contributed by atoms with Gasteiger partial charge in [-0.05, 0) is 25.1 Å². The number of nitrogens with zero attached hydrogens (tertiary/aromatic N) is 1. The molecule has 1 amide bonds. The molecule has 1 spiro atoms. The van der Waals surface area contributed by atoms with Crippen molar-refractivity contribution >= 4 is 28.5 Å². The van der Waals surface area contributed by atoms with Crippen LogP contribution >= 0.6 is 0 Å². The van der Waals surface area contributed by atoms with Crippen LogP contribution in [0.2, 0.25) is 0 Å². The first-order valence-corrected chi connectivity index (χ1v) is 10.4. The molecule has 0 fully saturated rings. The number of benzene rings is 2. The van der Waals surface area contributed by atoms with E-state index >= 15 is 0 Å². The highest BCUT2D eigenvalue weighted by atomic mass is 16.5. The van der Waals surface area contributed by atoms with Crippen molar-refractivity contribution in [2.45, 2.75) is 12.3 Å². The molecule has 8 nitrogen and oxygen atoms in total. The van der Waals surface area contributed by atoms with Crippen LogP contribution in [-0.2, 0) is 19.7 Å². The van der Waals surface area contributed by atoms with Crippen molar-refractivity contribution in [2.75, 3.05) is 18.1 Å². The fraction of sp³-hybridized carbons (Fsp3) is 0.160. The number of carbonyl (C=O) groups excluding carboxylic acids is 2. The number of nitrogens with two attached hydrogens (primary N) is 1. The van der Waals surface area contributed by atoms with E-state index in [1.54, 1.807) is 61.5 Å². The Kier molecular flexibility index (Phi) is 4.59. The molecule has 2 aliphatic rings. The maximum absolute atomic E-state index is 14.3. The van der Waals surface area contributed by atoms with Crippen LogP contribution in [0, 0.1) is 0 Å². The molecule has 1 atom stereocenters. The van der Waals surface area contributed by atoms with E-state index < -0.39 is 22.9 Å². The fourth-order valence-electron chi connectivity index (χ4n) is 4.75. The van der Waals surface area contributed by atoms with Gasteiger partial charge in [-0.15, -0.1) is 6.58 Å². The molecule has 2 N–H and O–H groups in total. The van der Waals surface area contributed by atoms with Crippen LogP contribution in [0.1, 0.15) is 18.1 Å². The minimum Gasteiger partial charge on any atom is -0.462 e. The first-order valence-electron chi connectivity index (χ1n) is 10.4. The second-order valence-corrected chi connectivity index (χ2v) is 7.62. The predicted molar refractivity (Wildman–Crippen MR) is 121 cm³/mol. The lowest BCUT2D eigenvalue weighted by atomic mass is 9.68. The van der Waals surface area contributed by atoms with Gasteiger partial charge < -0.3 is 24.5 Å². The number of amides is 1. The van der Waals surface area contributed by atoms with Crippen LogP contribution in [0.5, 0.6) is 5.75 Å². The molecule has 0 saturated carbocycles. The second kappa shape index (κ2) is 7.37. The van der Waals surface area contributed by atoms with E-state index in [0.29, 0.717) is 22.2 Å². The molecule has 0 unspecified atom stereocenters. The van der Waals surface area contributed by atoms with Crippen molar-refractivity contribution in [3.8, 4) is 5.75 Å². The number of rotatable bonds is 4. The molecule has 166 valence electrons. The number of carbonyl (C=O) groups is 2. The third kappa shape index (κ3) is 2.60. The minimum atomic E-state index is -1.89. The van der Waals surface area contributed by atoms with E-state index in [1.165, 1.54) is 4.90 Å². The van der Waals surface area contributed by atoms with Gasteiger partial charge in [0.15, 0.2) is 0 Å². The van der Waals surface area contributed by atoms with E-state index in [0.717, 1.165) is 0 Å². The molecule has 33 heavy (non-hydrogen) atoms. The lowest BCUT2D eigenvalue weighted by Gasteiger charge is -2.35. The molecule has 8 heteroatoms. The second-order valence-electron chi connectivity index (χ2n) is 7.62. The standard InChI is InChI=1S/C25H20N2O6/c1-3-13-27-20-14-9-5-7-11-16(14)33-23(29)18(20)25(24(27)30)15-10-6-8-12-17(15)32-21(26)19(25)22(28)31-4-2/h3,5-12H,1,4,13,26H2,2H3/t25-/m0/s1. The first-order chi connectivity index (χ1) is 16.0. The fourth-order valence-corrected chi connectivity index (χ4v) is 4.75. The summed E-state index contributed by atoms with van der Waals surface area (Å²) >= 11 is 0. The van der Waals surface area contributed by atoms with Crippen LogP contribution in [0.15, 0.2) is 81.9 Å². The molecule has 0 bridgehead atoms. The molecular weight excluding hydrogens is 424 g/mol. The molecule has 3 heterocycles. The normalized spacial score (nSPS) is 18.8. The molecule has 5 rings (SSSR count). The minimum absolute atomic E-state index is 0.00481. The summed E-state index contributed by atoms with van der Waals surface area (Å²) in [7, 11) is 0. The predicted octanol–water partition coefficient (Wildman–Crippen LogP) is 2.74. The van der Waals surface area contributed by atoms with Gasteiger partial charge in [-0.3, -0.25) is 4.79 Å². The summed E-state index contributed by atoms with van der Waals surface area (Å²) in [6.07, 6.45) is 1.55. The zero-order chi connectivity index (χ0) is 23.3. The number of fused-ring (bicyclic) bond motifs is 6. The zero-order valence-electron chi connectivity index (χ0n) is 17.8. The Morgan fingerprint density at radius 1 is 1.18 bits per heavy atom. The molecule has 0 radical (unpaired) electrons. The van der Waals surface area contributed by atoms with Crippen molar-refractivity contribution in [3.05, 3.63) is 94.2 Å². The Morgan fingerprint density at radius 3 is 2.67 bits per heavy atom. The SMILES string of the molecule is C=CCN1C(=O)[C@]2(C(C(=O)OCC)=C(N)Oc3ccccc32)c2c1c1ccccc1oc2=O. The molecule has 0 aliphatic carbocycles. The van der Waals surface area contributed by atoms with E-state index in [9.17, 15) is 14.4 Å². The Bertz CT molecular complexity index is 1440. The van der Waals surface area contributed by atoms with Crippen LogP contribution in [0.3, 0.4) is 0 Å². The first kappa shape index (κ1) is 20.6. The van der Waals surface area contributed by atoms with Gasteiger partial charge in [0.1, 0.15) is 22.3 Å². The molecular formula is C25H20N2O6. The van der Waals surface area contributed by atoms with Gasteiger partial charge in [-0.1, -0.05) is 36.4 Å². The van der Waals surface area contributed by atoms with Gasteiger partial charge in [-0.2, -0.15) is 0 Å². The monoisotopic (exact) mass is 444 g/mol. The molecule has 2 aromatic carbocycles. The summed E-state index contributed by atoms with van der Waals surface area (Å²) in [6, 6.07) is 13.6. The number of esters is 1. The van der Waals surface area contributed by atoms with E-state index in [1.807, 2.05) is 0 Å². The van der Waals surface area contributed by atoms with Crippen molar-refractivity contribution in [2.24, 2.45) is 5.73 Å². The van der Waals surface area contributed by atoms with Gasteiger partial charge in [0.25, 0.3) is 0 Å². The number of hydrogen-bond donors (Lipinski definition) is 1. The smallest absolute Gasteiger partial charge is 0.343 e. The quantitative estimate of drug-likeness (QED) is 0.374. The van der Waals surface area contributed by atoms with Crippen LogP contribution in [0.25, 0.3) is 11.0 Å². The summed E-state index contributed by atoms with van der Waals surface area (Å²) in [5, 5.41) is 0.546. The lowest BCUT2D eigenvalue weighted by Crippen LogP contribution is -2.49. The molecule has 0 saturated heterocycles. The maximum atomic E-state index is 14.3. The molecule has 3 aromatic rings. The molecule has 1 aromatic heterocycles. The number of para-hydroxylation sites is 2. The summed E-state index contributed by atoms with van der Waals surface area (Å²) in [5.74, 6) is -1.44. The van der Waals surface area contributed by atoms with Gasteiger partial charge in [-0.25, -0.2) is 9.59 Å². The van der Waals surface area contributed by atoms with E-state index in [4.69, 9.17) is 19.6 Å². The highest BCUT2D eigenvalue weighted by Gasteiger charge is 2.63. The highest BCUT2D eigenvalue weighted by Crippen LogP contribution is 2.55. The van der Waals surface area contributed by atoms with Crippen LogP contribution < -0.4 is 21.0 Å². The summed E-state index contributed by atoms with van der Waals surface area (Å²) in [5.41, 5.74) is 4.28. The lowest BCUT2D eigenvalue weighted by molar-refractivity contribution is -0.140. The summed E-state index contributed by atoms with van der Waals surface area (Å²) < 4.78 is 16.6. The van der Waals surface area contributed by atoms with Crippen LogP contribution in [0.4, 0.5) is 5.69 Å².